The Morgan fingerprint density at radius 3 is 2.94 bits per heavy atom. The molecule has 0 aliphatic carbocycles. The number of likely N-dealkylation sites (N-methyl/N-ethyl adjacent to an activating group) is 1. The molecule has 0 bridgehead atoms. The molecular formula is C11H22N2O3. The van der Waals surface area contributed by atoms with Crippen molar-refractivity contribution in [3.05, 3.63) is 0 Å². The fourth-order valence-corrected chi connectivity index (χ4v) is 1.96. The molecular weight excluding hydrogens is 208 g/mol. The molecule has 94 valence electrons. The van der Waals surface area contributed by atoms with Crippen molar-refractivity contribution in [1.29, 1.82) is 0 Å². The van der Waals surface area contributed by atoms with Crippen molar-refractivity contribution in [3.8, 4) is 0 Å². The van der Waals surface area contributed by atoms with Gasteiger partial charge < -0.3 is 15.2 Å². The average molecular weight is 230 g/mol. The van der Waals surface area contributed by atoms with Crippen molar-refractivity contribution in [2.75, 3.05) is 26.3 Å². The molecule has 1 saturated heterocycles. The van der Waals surface area contributed by atoms with Crippen molar-refractivity contribution in [3.63, 3.8) is 0 Å². The second-order valence-corrected chi connectivity index (χ2v) is 4.25. The van der Waals surface area contributed by atoms with Gasteiger partial charge in [-0.25, -0.2) is 0 Å². The Labute approximate surface area is 96.8 Å². The Kier molecular flexibility index (Phi) is 5.18. The van der Waals surface area contributed by atoms with Crippen molar-refractivity contribution < 1.29 is 14.6 Å². The number of morpholine rings is 1. The summed E-state index contributed by atoms with van der Waals surface area (Å²) in [5.41, 5.74) is 0. The number of hydrogen-bond donors (Lipinski definition) is 2. The molecule has 1 aliphatic heterocycles. The highest BCUT2D eigenvalue weighted by Crippen LogP contribution is 2.14. The lowest BCUT2D eigenvalue weighted by molar-refractivity contribution is -0.134. The summed E-state index contributed by atoms with van der Waals surface area (Å²) in [6, 6.07) is 0.0355. The third-order valence-electron chi connectivity index (χ3n) is 2.99. The van der Waals surface area contributed by atoms with E-state index in [0.29, 0.717) is 19.7 Å². The van der Waals surface area contributed by atoms with Gasteiger partial charge in [0.2, 0.25) is 5.91 Å². The minimum atomic E-state index is -0.173. The second kappa shape index (κ2) is 6.18. The SMILES string of the molecule is CCNC(=O)C(C)N1CC(CO)OCC1C. The number of aliphatic hydroxyl groups is 1. The van der Waals surface area contributed by atoms with Crippen LogP contribution in [0, 0.1) is 0 Å². The highest BCUT2D eigenvalue weighted by atomic mass is 16.5. The van der Waals surface area contributed by atoms with Gasteiger partial charge in [-0.05, 0) is 20.8 Å². The van der Waals surface area contributed by atoms with Crippen molar-refractivity contribution in [2.24, 2.45) is 0 Å². The molecule has 1 heterocycles. The molecule has 0 aromatic rings. The van der Waals surface area contributed by atoms with Gasteiger partial charge in [-0.15, -0.1) is 0 Å². The van der Waals surface area contributed by atoms with Gasteiger partial charge in [-0.2, -0.15) is 0 Å². The first kappa shape index (κ1) is 13.4. The van der Waals surface area contributed by atoms with Gasteiger partial charge in [0.05, 0.1) is 25.4 Å². The molecule has 1 amide bonds. The van der Waals surface area contributed by atoms with Crippen LogP contribution in [0.1, 0.15) is 20.8 Å². The standard InChI is InChI=1S/C11H22N2O3/c1-4-12-11(15)9(3)13-5-10(6-14)16-7-8(13)2/h8-10,14H,4-7H2,1-3H3,(H,12,15). The number of hydrogen-bond acceptors (Lipinski definition) is 4. The monoisotopic (exact) mass is 230 g/mol. The number of nitrogens with zero attached hydrogens (tertiary/aromatic N) is 1. The van der Waals surface area contributed by atoms with E-state index in [1.807, 2.05) is 20.8 Å². The summed E-state index contributed by atoms with van der Waals surface area (Å²) >= 11 is 0. The van der Waals surface area contributed by atoms with Gasteiger partial charge in [0, 0.05) is 19.1 Å². The molecule has 3 unspecified atom stereocenters. The van der Waals surface area contributed by atoms with Gasteiger partial charge >= 0.3 is 0 Å². The molecule has 0 aromatic carbocycles. The number of ether oxygens (including phenoxy) is 1. The van der Waals surface area contributed by atoms with E-state index in [0.717, 1.165) is 0 Å². The predicted octanol–water partition coefficient (Wildman–Crippen LogP) is -0.407. The summed E-state index contributed by atoms with van der Waals surface area (Å²) in [5.74, 6) is 0.0351. The zero-order valence-electron chi connectivity index (χ0n) is 10.3. The average Bonchev–Trinajstić information content (AvgIpc) is 2.29. The zero-order valence-corrected chi connectivity index (χ0v) is 10.3. The van der Waals surface area contributed by atoms with Crippen LogP contribution in [0.5, 0.6) is 0 Å². The van der Waals surface area contributed by atoms with Crippen molar-refractivity contribution in [2.45, 2.75) is 39.0 Å². The summed E-state index contributed by atoms with van der Waals surface area (Å²) in [5, 5.41) is 11.9. The number of amides is 1. The van der Waals surface area contributed by atoms with Crippen LogP contribution in [0.25, 0.3) is 0 Å². The van der Waals surface area contributed by atoms with Crippen LogP contribution in [0.3, 0.4) is 0 Å². The lowest BCUT2D eigenvalue weighted by Gasteiger charge is -2.40. The molecule has 2 N–H and O–H groups in total. The lowest BCUT2D eigenvalue weighted by atomic mass is 10.1. The fraction of sp³-hybridized carbons (Fsp3) is 0.909. The number of nitrogens with one attached hydrogen (secondary N) is 1. The summed E-state index contributed by atoms with van der Waals surface area (Å²) in [6.07, 6.45) is -0.173. The number of carbonyl (C=O) groups is 1. The maximum absolute atomic E-state index is 11.7. The van der Waals surface area contributed by atoms with Crippen molar-refractivity contribution >= 4 is 5.91 Å². The molecule has 1 aliphatic rings. The summed E-state index contributed by atoms with van der Waals surface area (Å²) in [6.45, 7) is 7.65. The summed E-state index contributed by atoms with van der Waals surface area (Å²) < 4.78 is 5.44. The van der Waals surface area contributed by atoms with E-state index in [-0.39, 0.29) is 30.7 Å². The summed E-state index contributed by atoms with van der Waals surface area (Å²) in [7, 11) is 0. The molecule has 5 nitrogen and oxygen atoms in total. The normalized spacial score (nSPS) is 28.8. The smallest absolute Gasteiger partial charge is 0.237 e. The first-order chi connectivity index (χ1) is 7.60. The highest BCUT2D eigenvalue weighted by Gasteiger charge is 2.31. The van der Waals surface area contributed by atoms with Crippen molar-refractivity contribution in [1.82, 2.24) is 10.2 Å². The minimum Gasteiger partial charge on any atom is -0.394 e. The number of aliphatic hydroxyl groups excluding tert-OH is 1. The fourth-order valence-electron chi connectivity index (χ4n) is 1.96. The molecule has 16 heavy (non-hydrogen) atoms. The molecule has 0 saturated carbocycles. The lowest BCUT2D eigenvalue weighted by Crippen LogP contribution is -2.56. The minimum absolute atomic E-state index is 0.00529. The highest BCUT2D eigenvalue weighted by molar-refractivity contribution is 5.81. The van der Waals surface area contributed by atoms with Gasteiger partial charge in [0.15, 0.2) is 0 Å². The van der Waals surface area contributed by atoms with E-state index in [2.05, 4.69) is 10.2 Å². The van der Waals surface area contributed by atoms with Crippen LogP contribution in [0.4, 0.5) is 0 Å². The first-order valence-electron chi connectivity index (χ1n) is 5.86. The third kappa shape index (κ3) is 3.17. The first-order valence-corrected chi connectivity index (χ1v) is 5.86. The molecule has 1 rings (SSSR count). The van der Waals surface area contributed by atoms with Crippen LogP contribution in [0.15, 0.2) is 0 Å². The topological polar surface area (TPSA) is 61.8 Å². The van der Waals surface area contributed by atoms with E-state index in [9.17, 15) is 4.79 Å². The maximum atomic E-state index is 11.7. The van der Waals surface area contributed by atoms with E-state index in [1.54, 1.807) is 0 Å². The van der Waals surface area contributed by atoms with Crippen LogP contribution < -0.4 is 5.32 Å². The van der Waals surface area contributed by atoms with Gasteiger partial charge in [0.25, 0.3) is 0 Å². The molecule has 5 heteroatoms. The van der Waals surface area contributed by atoms with Crippen LogP contribution >= 0.6 is 0 Å². The van der Waals surface area contributed by atoms with Crippen LogP contribution in [-0.4, -0.2) is 60.4 Å². The Morgan fingerprint density at radius 2 is 2.38 bits per heavy atom. The third-order valence-corrected chi connectivity index (χ3v) is 2.99. The van der Waals surface area contributed by atoms with Gasteiger partial charge in [-0.1, -0.05) is 0 Å². The molecule has 0 spiro atoms. The quantitative estimate of drug-likeness (QED) is 0.689. The zero-order chi connectivity index (χ0) is 12.1. The maximum Gasteiger partial charge on any atom is 0.237 e. The Morgan fingerprint density at radius 1 is 1.69 bits per heavy atom. The number of carbonyl (C=O) groups excluding carboxylic acids is 1. The van der Waals surface area contributed by atoms with E-state index >= 15 is 0 Å². The Balaban J connectivity index is 2.57. The molecule has 3 atom stereocenters. The Bertz CT molecular complexity index is 235. The van der Waals surface area contributed by atoms with Gasteiger partial charge in [0.1, 0.15) is 0 Å². The van der Waals surface area contributed by atoms with Crippen LogP contribution in [-0.2, 0) is 9.53 Å². The Hall–Kier alpha value is -0.650. The van der Waals surface area contributed by atoms with Crippen LogP contribution in [0.2, 0.25) is 0 Å². The van der Waals surface area contributed by atoms with E-state index in [1.165, 1.54) is 0 Å². The predicted molar refractivity (Wildman–Crippen MR) is 61.1 cm³/mol. The molecule has 0 aromatic heterocycles. The number of rotatable bonds is 4. The second-order valence-electron chi connectivity index (χ2n) is 4.25. The van der Waals surface area contributed by atoms with E-state index < -0.39 is 0 Å². The van der Waals surface area contributed by atoms with Gasteiger partial charge in [-0.3, -0.25) is 9.69 Å². The summed E-state index contributed by atoms with van der Waals surface area (Å²) in [4.78, 5) is 13.8. The van der Waals surface area contributed by atoms with E-state index in [4.69, 9.17) is 9.84 Å². The molecule has 0 radical (unpaired) electrons. The molecule has 1 fully saturated rings. The largest absolute Gasteiger partial charge is 0.394 e.